The van der Waals surface area contributed by atoms with Gasteiger partial charge in [0, 0.05) is 12.1 Å². The Bertz CT molecular complexity index is 865. The number of aromatic nitrogens is 1. The molecule has 0 saturated heterocycles. The Morgan fingerprint density at radius 2 is 1.76 bits per heavy atom. The first kappa shape index (κ1) is 16.8. The number of hydrogen-bond donors (Lipinski definition) is 1. The SMILES string of the molecule is COc1ccc(CNC(=O)c2c(C)noc2-c2ccc(C)cc2)cc1. The van der Waals surface area contributed by atoms with Crippen LogP contribution < -0.4 is 10.1 Å². The van der Waals surface area contributed by atoms with Crippen LogP contribution in [0.25, 0.3) is 11.3 Å². The molecule has 0 spiro atoms. The minimum absolute atomic E-state index is 0.204. The van der Waals surface area contributed by atoms with Crippen LogP contribution in [0.3, 0.4) is 0 Å². The Balaban J connectivity index is 1.77. The quantitative estimate of drug-likeness (QED) is 0.767. The fraction of sp³-hybridized carbons (Fsp3) is 0.200. The van der Waals surface area contributed by atoms with E-state index in [4.69, 9.17) is 9.26 Å². The van der Waals surface area contributed by atoms with Crippen molar-refractivity contribution in [2.24, 2.45) is 0 Å². The highest BCUT2D eigenvalue weighted by molar-refractivity contribution is 6.00. The van der Waals surface area contributed by atoms with Gasteiger partial charge in [0.1, 0.15) is 11.3 Å². The molecule has 1 N–H and O–H groups in total. The molecule has 0 radical (unpaired) electrons. The Morgan fingerprint density at radius 3 is 2.40 bits per heavy atom. The first-order chi connectivity index (χ1) is 12.1. The molecule has 0 aliphatic carbocycles. The summed E-state index contributed by atoms with van der Waals surface area (Å²) in [4.78, 5) is 12.6. The molecule has 0 saturated carbocycles. The predicted molar refractivity (Wildman–Crippen MR) is 95.6 cm³/mol. The van der Waals surface area contributed by atoms with Crippen molar-refractivity contribution in [3.05, 3.63) is 70.9 Å². The zero-order valence-electron chi connectivity index (χ0n) is 14.5. The summed E-state index contributed by atoms with van der Waals surface area (Å²) < 4.78 is 10.5. The largest absolute Gasteiger partial charge is 0.497 e. The lowest BCUT2D eigenvalue weighted by molar-refractivity contribution is 0.0950. The van der Waals surface area contributed by atoms with Gasteiger partial charge in [-0.25, -0.2) is 0 Å². The van der Waals surface area contributed by atoms with E-state index < -0.39 is 0 Å². The third-order valence-corrected chi connectivity index (χ3v) is 4.02. The van der Waals surface area contributed by atoms with Crippen LogP contribution >= 0.6 is 0 Å². The number of rotatable bonds is 5. The summed E-state index contributed by atoms with van der Waals surface area (Å²) in [7, 11) is 1.62. The van der Waals surface area contributed by atoms with Gasteiger partial charge in [0.15, 0.2) is 5.76 Å². The van der Waals surface area contributed by atoms with Crippen LogP contribution in [0.5, 0.6) is 5.75 Å². The fourth-order valence-electron chi connectivity index (χ4n) is 2.55. The van der Waals surface area contributed by atoms with Crippen molar-refractivity contribution in [3.63, 3.8) is 0 Å². The van der Waals surface area contributed by atoms with Crippen LogP contribution in [0.15, 0.2) is 53.1 Å². The second-order valence-corrected chi connectivity index (χ2v) is 5.87. The van der Waals surface area contributed by atoms with E-state index in [1.165, 1.54) is 0 Å². The van der Waals surface area contributed by atoms with Gasteiger partial charge in [-0.2, -0.15) is 0 Å². The van der Waals surface area contributed by atoms with Gasteiger partial charge in [-0.05, 0) is 31.5 Å². The van der Waals surface area contributed by atoms with Crippen molar-refractivity contribution in [1.29, 1.82) is 0 Å². The van der Waals surface area contributed by atoms with E-state index in [0.29, 0.717) is 23.6 Å². The highest BCUT2D eigenvalue weighted by Crippen LogP contribution is 2.26. The molecule has 3 aromatic rings. The molecule has 0 fully saturated rings. The zero-order valence-corrected chi connectivity index (χ0v) is 14.5. The Hall–Kier alpha value is -3.08. The summed E-state index contributed by atoms with van der Waals surface area (Å²) >= 11 is 0. The lowest BCUT2D eigenvalue weighted by Gasteiger charge is -2.07. The van der Waals surface area contributed by atoms with Gasteiger partial charge in [-0.15, -0.1) is 0 Å². The van der Waals surface area contributed by atoms with Gasteiger partial charge in [-0.3, -0.25) is 4.79 Å². The van der Waals surface area contributed by atoms with E-state index in [-0.39, 0.29) is 5.91 Å². The Morgan fingerprint density at radius 1 is 1.08 bits per heavy atom. The van der Waals surface area contributed by atoms with Crippen LogP contribution in [-0.2, 0) is 6.54 Å². The van der Waals surface area contributed by atoms with Crippen molar-refractivity contribution in [1.82, 2.24) is 10.5 Å². The van der Waals surface area contributed by atoms with Gasteiger partial charge >= 0.3 is 0 Å². The minimum Gasteiger partial charge on any atom is -0.497 e. The monoisotopic (exact) mass is 336 g/mol. The van der Waals surface area contributed by atoms with Crippen molar-refractivity contribution in [2.45, 2.75) is 20.4 Å². The summed E-state index contributed by atoms with van der Waals surface area (Å²) in [5.74, 6) is 1.07. The smallest absolute Gasteiger partial charge is 0.257 e. The van der Waals surface area contributed by atoms with Gasteiger partial charge in [0.05, 0.1) is 12.8 Å². The first-order valence-corrected chi connectivity index (χ1v) is 8.03. The third-order valence-electron chi connectivity index (χ3n) is 4.02. The maximum absolute atomic E-state index is 12.6. The van der Waals surface area contributed by atoms with E-state index >= 15 is 0 Å². The highest BCUT2D eigenvalue weighted by Gasteiger charge is 2.21. The van der Waals surface area contributed by atoms with E-state index in [1.54, 1.807) is 14.0 Å². The lowest BCUT2D eigenvalue weighted by Crippen LogP contribution is -2.23. The molecular formula is C20H20N2O3. The summed E-state index contributed by atoms with van der Waals surface area (Å²) in [5, 5.41) is 6.88. The van der Waals surface area contributed by atoms with Crippen LogP contribution in [-0.4, -0.2) is 18.2 Å². The molecule has 5 nitrogen and oxygen atoms in total. The number of ether oxygens (including phenoxy) is 1. The molecule has 0 aliphatic rings. The average Bonchev–Trinajstić information content (AvgIpc) is 3.02. The van der Waals surface area contributed by atoms with Gasteiger partial charge in [0.2, 0.25) is 0 Å². The minimum atomic E-state index is -0.204. The maximum atomic E-state index is 12.6. The van der Waals surface area contributed by atoms with Crippen LogP contribution in [0.1, 0.15) is 27.2 Å². The molecule has 2 aromatic carbocycles. The second-order valence-electron chi connectivity index (χ2n) is 5.87. The molecule has 0 aliphatic heterocycles. The van der Waals surface area contributed by atoms with Crippen molar-refractivity contribution in [2.75, 3.05) is 7.11 Å². The molecule has 0 unspecified atom stereocenters. The van der Waals surface area contributed by atoms with E-state index in [9.17, 15) is 4.79 Å². The topological polar surface area (TPSA) is 64.4 Å². The van der Waals surface area contributed by atoms with Gasteiger partial charge in [0.25, 0.3) is 5.91 Å². The number of carbonyl (C=O) groups is 1. The summed E-state index contributed by atoms with van der Waals surface area (Å²) in [6.07, 6.45) is 0. The number of benzene rings is 2. The zero-order chi connectivity index (χ0) is 17.8. The molecule has 5 heteroatoms. The molecule has 1 amide bonds. The van der Waals surface area contributed by atoms with Crippen molar-refractivity contribution >= 4 is 5.91 Å². The number of methoxy groups -OCH3 is 1. The molecule has 0 atom stereocenters. The maximum Gasteiger partial charge on any atom is 0.257 e. The highest BCUT2D eigenvalue weighted by atomic mass is 16.5. The van der Waals surface area contributed by atoms with Gasteiger partial charge in [-0.1, -0.05) is 47.1 Å². The average molecular weight is 336 g/mol. The molecule has 25 heavy (non-hydrogen) atoms. The molecule has 3 rings (SSSR count). The number of carbonyl (C=O) groups excluding carboxylic acids is 1. The number of amides is 1. The number of aryl methyl sites for hydroxylation is 2. The number of nitrogens with zero attached hydrogens (tertiary/aromatic N) is 1. The summed E-state index contributed by atoms with van der Waals surface area (Å²) in [6, 6.07) is 15.4. The van der Waals surface area contributed by atoms with E-state index in [0.717, 1.165) is 22.4 Å². The Labute approximate surface area is 146 Å². The number of nitrogens with one attached hydrogen (secondary N) is 1. The van der Waals surface area contributed by atoms with Gasteiger partial charge < -0.3 is 14.6 Å². The molecule has 128 valence electrons. The van der Waals surface area contributed by atoms with Crippen molar-refractivity contribution in [3.8, 4) is 17.1 Å². The van der Waals surface area contributed by atoms with Crippen molar-refractivity contribution < 1.29 is 14.1 Å². The molecular weight excluding hydrogens is 316 g/mol. The summed E-state index contributed by atoms with van der Waals surface area (Å²) in [6.45, 7) is 4.20. The fourth-order valence-corrected chi connectivity index (χ4v) is 2.55. The van der Waals surface area contributed by atoms with E-state index in [1.807, 2.05) is 55.5 Å². The van der Waals surface area contributed by atoms with E-state index in [2.05, 4.69) is 10.5 Å². The third kappa shape index (κ3) is 3.71. The standard InChI is InChI=1S/C20H20N2O3/c1-13-4-8-16(9-5-13)19-18(14(2)22-25-19)20(23)21-12-15-6-10-17(24-3)11-7-15/h4-11H,12H2,1-3H3,(H,21,23). The first-order valence-electron chi connectivity index (χ1n) is 8.03. The molecule has 0 bridgehead atoms. The Kier molecular flexibility index (Phi) is 4.84. The van der Waals surface area contributed by atoms with Crippen LogP contribution in [0.4, 0.5) is 0 Å². The van der Waals surface area contributed by atoms with Crippen LogP contribution in [0.2, 0.25) is 0 Å². The van der Waals surface area contributed by atoms with Crippen LogP contribution in [0, 0.1) is 13.8 Å². The normalized spacial score (nSPS) is 10.5. The lowest BCUT2D eigenvalue weighted by atomic mass is 10.0. The number of hydrogen-bond acceptors (Lipinski definition) is 4. The summed E-state index contributed by atoms with van der Waals surface area (Å²) in [5.41, 5.74) is 4.01. The second kappa shape index (κ2) is 7.21. The molecule has 1 heterocycles. The predicted octanol–water partition coefficient (Wildman–Crippen LogP) is 3.90. The molecule has 1 aromatic heterocycles.